The Morgan fingerprint density at radius 1 is 0.962 bits per heavy atom. The van der Waals surface area contributed by atoms with Crippen LogP contribution in [0.2, 0.25) is 0 Å². The Morgan fingerprint density at radius 3 is 2.46 bits per heavy atom. The zero-order chi connectivity index (χ0) is 18.1. The van der Waals surface area contributed by atoms with E-state index >= 15 is 0 Å². The second kappa shape index (κ2) is 6.94. The maximum absolute atomic E-state index is 12.9. The van der Waals surface area contributed by atoms with Crippen molar-refractivity contribution in [1.29, 1.82) is 0 Å². The predicted molar refractivity (Wildman–Crippen MR) is 96.9 cm³/mol. The fraction of sp³-hybridized carbons (Fsp3) is 0.450. The smallest absolute Gasteiger partial charge is 0.349 e. The number of fused-ring (bicyclic) bond motifs is 1. The van der Waals surface area contributed by atoms with E-state index in [2.05, 4.69) is 0 Å². The van der Waals surface area contributed by atoms with Crippen molar-refractivity contribution < 1.29 is 14.0 Å². The lowest BCUT2D eigenvalue weighted by Crippen LogP contribution is -2.42. The van der Waals surface area contributed by atoms with Crippen LogP contribution in [0, 0.1) is 5.92 Å². The molecule has 1 saturated heterocycles. The summed E-state index contributed by atoms with van der Waals surface area (Å²) < 4.78 is 5.28. The lowest BCUT2D eigenvalue weighted by atomic mass is 9.84. The molecular formula is C20H22N2O4. The van der Waals surface area contributed by atoms with E-state index in [0.717, 1.165) is 31.1 Å². The van der Waals surface area contributed by atoms with Gasteiger partial charge >= 0.3 is 5.63 Å². The lowest BCUT2D eigenvalue weighted by molar-refractivity contribution is -0.138. The Balaban J connectivity index is 1.50. The average Bonchev–Trinajstić information content (AvgIpc) is 2.85. The second-order valence-corrected chi connectivity index (χ2v) is 7.08. The Kier molecular flexibility index (Phi) is 4.49. The normalized spacial score (nSPS) is 18.5. The molecule has 4 rings (SSSR count). The highest BCUT2D eigenvalue weighted by molar-refractivity contribution is 5.96. The average molecular weight is 354 g/mol. The van der Waals surface area contributed by atoms with Crippen LogP contribution in [0.4, 0.5) is 0 Å². The Hall–Kier alpha value is -2.63. The highest BCUT2D eigenvalue weighted by atomic mass is 16.4. The molecule has 0 bridgehead atoms. The molecule has 2 fully saturated rings. The molecule has 0 spiro atoms. The van der Waals surface area contributed by atoms with Gasteiger partial charge in [0.15, 0.2) is 0 Å². The summed E-state index contributed by atoms with van der Waals surface area (Å²) in [6.07, 6.45) is 3.82. The number of rotatable bonds is 2. The first-order valence-electron chi connectivity index (χ1n) is 9.24. The SMILES string of the molecule is O=C(c1cc2ccccc2oc1=O)N1CCCN(C(=O)C2CCC2)CC1. The highest BCUT2D eigenvalue weighted by Gasteiger charge is 2.31. The number of amides is 2. The number of carbonyl (C=O) groups is 2. The summed E-state index contributed by atoms with van der Waals surface area (Å²) in [6, 6.07) is 8.75. The molecule has 6 heteroatoms. The van der Waals surface area contributed by atoms with Crippen LogP contribution in [-0.2, 0) is 4.79 Å². The number of carbonyl (C=O) groups excluding carboxylic acids is 2. The zero-order valence-corrected chi connectivity index (χ0v) is 14.6. The molecule has 2 amide bonds. The predicted octanol–water partition coefficient (Wildman–Crippen LogP) is 2.27. The molecule has 2 aromatic rings. The molecule has 6 nitrogen and oxygen atoms in total. The van der Waals surface area contributed by atoms with Crippen LogP contribution in [0.25, 0.3) is 11.0 Å². The van der Waals surface area contributed by atoms with Gasteiger partial charge in [-0.2, -0.15) is 0 Å². The molecule has 2 aliphatic rings. The standard InChI is InChI=1S/C20H22N2O4/c23-18(14-6-3-7-14)21-9-4-10-22(12-11-21)19(24)16-13-15-5-1-2-8-17(15)26-20(16)25/h1-2,5,8,13-14H,3-4,6-7,9-12H2. The maximum Gasteiger partial charge on any atom is 0.349 e. The van der Waals surface area contributed by atoms with Crippen LogP contribution in [0.5, 0.6) is 0 Å². The van der Waals surface area contributed by atoms with Gasteiger partial charge in [-0.3, -0.25) is 9.59 Å². The summed E-state index contributed by atoms with van der Waals surface area (Å²) in [4.78, 5) is 41.1. The highest BCUT2D eigenvalue weighted by Crippen LogP contribution is 2.28. The van der Waals surface area contributed by atoms with Gasteiger partial charge in [0.25, 0.3) is 5.91 Å². The van der Waals surface area contributed by atoms with Gasteiger partial charge in [-0.25, -0.2) is 4.79 Å². The molecule has 1 aliphatic carbocycles. The Bertz CT molecular complexity index is 900. The van der Waals surface area contributed by atoms with E-state index < -0.39 is 5.63 Å². The summed E-state index contributed by atoms with van der Waals surface area (Å²) in [7, 11) is 0. The second-order valence-electron chi connectivity index (χ2n) is 7.08. The molecule has 0 radical (unpaired) electrons. The number of hydrogen-bond donors (Lipinski definition) is 0. The molecule has 2 heterocycles. The zero-order valence-electron chi connectivity index (χ0n) is 14.6. The van der Waals surface area contributed by atoms with Crippen molar-refractivity contribution in [3.05, 3.63) is 46.3 Å². The summed E-state index contributed by atoms with van der Waals surface area (Å²) in [5.74, 6) is 0.0722. The third-order valence-corrected chi connectivity index (χ3v) is 5.42. The molecule has 0 unspecified atom stereocenters. The van der Waals surface area contributed by atoms with Crippen molar-refractivity contribution in [3.8, 4) is 0 Å². The number of nitrogens with zero attached hydrogens (tertiary/aromatic N) is 2. The van der Waals surface area contributed by atoms with Gasteiger partial charge in [-0.1, -0.05) is 24.6 Å². The third-order valence-electron chi connectivity index (χ3n) is 5.42. The van der Waals surface area contributed by atoms with Crippen LogP contribution in [-0.4, -0.2) is 47.8 Å². The van der Waals surface area contributed by atoms with E-state index in [-0.39, 0.29) is 23.3 Å². The largest absolute Gasteiger partial charge is 0.422 e. The van der Waals surface area contributed by atoms with Crippen LogP contribution in [0.3, 0.4) is 0 Å². The van der Waals surface area contributed by atoms with E-state index in [1.807, 2.05) is 17.0 Å². The number of benzene rings is 1. The molecular weight excluding hydrogens is 332 g/mol. The Labute approximate surface area is 151 Å². The van der Waals surface area contributed by atoms with Crippen LogP contribution in [0.15, 0.2) is 39.5 Å². The first kappa shape index (κ1) is 16.8. The van der Waals surface area contributed by atoms with E-state index in [4.69, 9.17) is 4.42 Å². The minimum absolute atomic E-state index is 0.0578. The van der Waals surface area contributed by atoms with Crippen molar-refractivity contribution in [1.82, 2.24) is 9.80 Å². The van der Waals surface area contributed by atoms with Crippen molar-refractivity contribution >= 4 is 22.8 Å². The first-order chi connectivity index (χ1) is 12.6. The summed E-state index contributed by atoms with van der Waals surface area (Å²) in [5, 5.41) is 0.729. The summed E-state index contributed by atoms with van der Waals surface area (Å²) in [6.45, 7) is 2.19. The molecule has 136 valence electrons. The molecule has 1 aromatic carbocycles. The van der Waals surface area contributed by atoms with Gasteiger partial charge < -0.3 is 14.2 Å². The van der Waals surface area contributed by atoms with Crippen LogP contribution < -0.4 is 5.63 Å². The number of para-hydroxylation sites is 1. The molecule has 0 atom stereocenters. The van der Waals surface area contributed by atoms with E-state index in [9.17, 15) is 14.4 Å². The Morgan fingerprint density at radius 2 is 1.69 bits per heavy atom. The van der Waals surface area contributed by atoms with E-state index in [1.165, 1.54) is 0 Å². The van der Waals surface area contributed by atoms with Gasteiger partial charge in [0.05, 0.1) is 0 Å². The molecule has 1 aliphatic heterocycles. The fourth-order valence-corrected chi connectivity index (χ4v) is 3.64. The van der Waals surface area contributed by atoms with Crippen molar-refractivity contribution in [2.75, 3.05) is 26.2 Å². The number of hydrogen-bond acceptors (Lipinski definition) is 4. The summed E-state index contributed by atoms with van der Waals surface area (Å²) in [5.41, 5.74) is -0.0787. The van der Waals surface area contributed by atoms with Crippen molar-refractivity contribution in [3.63, 3.8) is 0 Å². The monoisotopic (exact) mass is 354 g/mol. The van der Waals surface area contributed by atoms with Gasteiger partial charge in [0, 0.05) is 37.5 Å². The van der Waals surface area contributed by atoms with Crippen molar-refractivity contribution in [2.45, 2.75) is 25.7 Å². The quantitative estimate of drug-likeness (QED) is 0.776. The van der Waals surface area contributed by atoms with Gasteiger partial charge in [0.2, 0.25) is 5.91 Å². The molecule has 26 heavy (non-hydrogen) atoms. The van der Waals surface area contributed by atoms with E-state index in [1.54, 1.807) is 23.1 Å². The topological polar surface area (TPSA) is 70.8 Å². The fourth-order valence-electron chi connectivity index (χ4n) is 3.64. The minimum atomic E-state index is -0.611. The third kappa shape index (κ3) is 3.11. The minimum Gasteiger partial charge on any atom is -0.422 e. The lowest BCUT2D eigenvalue weighted by Gasteiger charge is -2.31. The van der Waals surface area contributed by atoms with Gasteiger partial charge in [-0.15, -0.1) is 0 Å². The molecule has 1 saturated carbocycles. The first-order valence-corrected chi connectivity index (χ1v) is 9.24. The summed E-state index contributed by atoms with van der Waals surface area (Å²) >= 11 is 0. The van der Waals surface area contributed by atoms with Crippen molar-refractivity contribution in [2.24, 2.45) is 5.92 Å². The van der Waals surface area contributed by atoms with Crippen LogP contribution >= 0.6 is 0 Å². The van der Waals surface area contributed by atoms with Crippen LogP contribution in [0.1, 0.15) is 36.0 Å². The van der Waals surface area contributed by atoms with E-state index in [0.29, 0.717) is 31.8 Å². The molecule has 0 N–H and O–H groups in total. The van der Waals surface area contributed by atoms with Gasteiger partial charge in [0.1, 0.15) is 11.1 Å². The molecule has 1 aromatic heterocycles. The van der Waals surface area contributed by atoms with Gasteiger partial charge in [-0.05, 0) is 31.4 Å². The maximum atomic E-state index is 12.9.